The van der Waals surface area contributed by atoms with Gasteiger partial charge < -0.3 is 11.1 Å². The molecule has 0 aliphatic carbocycles. The van der Waals surface area contributed by atoms with E-state index in [1.807, 2.05) is 0 Å². The van der Waals surface area contributed by atoms with Crippen molar-refractivity contribution < 1.29 is 4.39 Å². The summed E-state index contributed by atoms with van der Waals surface area (Å²) in [4.78, 5) is 7.65. The number of nitrogens with zero attached hydrogens (tertiary/aromatic N) is 2. The summed E-state index contributed by atoms with van der Waals surface area (Å²) in [7, 11) is 0. The summed E-state index contributed by atoms with van der Waals surface area (Å²) >= 11 is 5.71. The van der Waals surface area contributed by atoms with Crippen LogP contribution in [0.15, 0.2) is 30.3 Å². The number of nitrogens with two attached hydrogens (primary N) is 1. The second-order valence-electron chi connectivity index (χ2n) is 3.07. The van der Waals surface area contributed by atoms with Crippen LogP contribution in [0.3, 0.4) is 0 Å². The molecular weight excluding hydrogens is 231 g/mol. The van der Waals surface area contributed by atoms with E-state index >= 15 is 0 Å². The van der Waals surface area contributed by atoms with Crippen LogP contribution < -0.4 is 11.1 Å². The zero-order chi connectivity index (χ0) is 11.5. The monoisotopic (exact) mass is 238 g/mol. The van der Waals surface area contributed by atoms with Gasteiger partial charge in [-0.05, 0) is 24.3 Å². The third-order valence-electron chi connectivity index (χ3n) is 1.83. The van der Waals surface area contributed by atoms with E-state index < -0.39 is 0 Å². The maximum absolute atomic E-state index is 12.7. The molecule has 0 aliphatic heterocycles. The number of anilines is 3. The van der Waals surface area contributed by atoms with Crippen LogP contribution in [0, 0.1) is 5.82 Å². The molecule has 0 spiro atoms. The molecule has 1 aromatic heterocycles. The number of halogens is 2. The highest BCUT2D eigenvalue weighted by Gasteiger charge is 2.01. The van der Waals surface area contributed by atoms with Gasteiger partial charge in [0.15, 0.2) is 0 Å². The average molecular weight is 239 g/mol. The maximum Gasteiger partial charge on any atom is 0.223 e. The summed E-state index contributed by atoms with van der Waals surface area (Å²) in [6, 6.07) is 7.38. The number of hydrogen-bond acceptors (Lipinski definition) is 4. The number of nitrogens with one attached hydrogen (secondary N) is 1. The Morgan fingerprint density at radius 2 is 1.88 bits per heavy atom. The summed E-state index contributed by atoms with van der Waals surface area (Å²) in [5, 5.41) is 3.18. The Morgan fingerprint density at radius 1 is 1.19 bits per heavy atom. The number of nitrogen functional groups attached to an aromatic ring is 1. The minimum Gasteiger partial charge on any atom is -0.368 e. The smallest absolute Gasteiger partial charge is 0.223 e. The third-order valence-corrected chi connectivity index (χ3v) is 2.02. The van der Waals surface area contributed by atoms with Crippen LogP contribution in [0.4, 0.5) is 21.8 Å². The second-order valence-corrected chi connectivity index (χ2v) is 3.45. The molecule has 16 heavy (non-hydrogen) atoms. The first kappa shape index (κ1) is 10.6. The Hall–Kier alpha value is -1.88. The van der Waals surface area contributed by atoms with Crippen molar-refractivity contribution in [1.29, 1.82) is 0 Å². The highest BCUT2D eigenvalue weighted by atomic mass is 35.5. The minimum absolute atomic E-state index is 0.0807. The van der Waals surface area contributed by atoms with E-state index in [0.29, 0.717) is 11.5 Å². The fourth-order valence-electron chi connectivity index (χ4n) is 1.18. The first-order valence-electron chi connectivity index (χ1n) is 4.46. The number of aromatic nitrogens is 2. The van der Waals surface area contributed by atoms with Gasteiger partial charge >= 0.3 is 0 Å². The molecule has 0 aliphatic rings. The van der Waals surface area contributed by atoms with Gasteiger partial charge in [-0.1, -0.05) is 11.6 Å². The van der Waals surface area contributed by atoms with Gasteiger partial charge in [0, 0.05) is 11.8 Å². The standard InChI is InChI=1S/C10H8ClFN4/c11-8-5-9(16-10(13)15-8)14-7-3-1-6(12)2-4-7/h1-5H,(H3,13,14,15,16). The molecule has 0 amide bonds. The Morgan fingerprint density at radius 3 is 2.50 bits per heavy atom. The fraction of sp³-hybridized carbons (Fsp3) is 0. The quantitative estimate of drug-likeness (QED) is 0.790. The molecule has 3 N–H and O–H groups in total. The van der Waals surface area contributed by atoms with E-state index in [0.717, 1.165) is 0 Å². The van der Waals surface area contributed by atoms with E-state index in [-0.39, 0.29) is 16.9 Å². The average Bonchev–Trinajstić information content (AvgIpc) is 2.20. The molecule has 1 heterocycles. The Bertz CT molecular complexity index is 480. The van der Waals surface area contributed by atoms with Crippen molar-refractivity contribution in [2.45, 2.75) is 0 Å². The van der Waals surface area contributed by atoms with Crippen LogP contribution in [0.1, 0.15) is 0 Å². The maximum atomic E-state index is 12.7. The number of rotatable bonds is 2. The summed E-state index contributed by atoms with van der Waals surface area (Å²) in [5.74, 6) is 0.243. The molecule has 2 aromatic rings. The number of benzene rings is 1. The van der Waals surface area contributed by atoms with E-state index in [4.69, 9.17) is 17.3 Å². The largest absolute Gasteiger partial charge is 0.368 e. The van der Waals surface area contributed by atoms with E-state index in [9.17, 15) is 4.39 Å². The summed E-state index contributed by atoms with van der Waals surface area (Å²) < 4.78 is 12.7. The van der Waals surface area contributed by atoms with Crippen LogP contribution in [0.5, 0.6) is 0 Å². The van der Waals surface area contributed by atoms with E-state index in [2.05, 4.69) is 15.3 Å². The molecule has 0 bridgehead atoms. The van der Waals surface area contributed by atoms with Gasteiger partial charge in [0.05, 0.1) is 0 Å². The van der Waals surface area contributed by atoms with Gasteiger partial charge in [0.2, 0.25) is 5.95 Å². The van der Waals surface area contributed by atoms with E-state index in [1.165, 1.54) is 18.2 Å². The minimum atomic E-state index is -0.300. The molecule has 0 radical (unpaired) electrons. The lowest BCUT2D eigenvalue weighted by Gasteiger charge is -2.05. The lowest BCUT2D eigenvalue weighted by atomic mass is 10.3. The molecule has 0 atom stereocenters. The lowest BCUT2D eigenvalue weighted by molar-refractivity contribution is 0.628. The third kappa shape index (κ3) is 2.58. The van der Waals surface area contributed by atoms with Gasteiger partial charge in [0.25, 0.3) is 0 Å². The predicted octanol–water partition coefficient (Wildman–Crippen LogP) is 2.59. The van der Waals surface area contributed by atoms with Gasteiger partial charge in [-0.15, -0.1) is 0 Å². The zero-order valence-corrected chi connectivity index (χ0v) is 8.87. The van der Waals surface area contributed by atoms with Crippen LogP contribution in [-0.2, 0) is 0 Å². The molecule has 0 saturated carbocycles. The SMILES string of the molecule is Nc1nc(Cl)cc(Nc2ccc(F)cc2)n1. The van der Waals surface area contributed by atoms with Crippen LogP contribution in [0.25, 0.3) is 0 Å². The molecule has 82 valence electrons. The highest BCUT2D eigenvalue weighted by Crippen LogP contribution is 2.18. The van der Waals surface area contributed by atoms with Gasteiger partial charge in [-0.3, -0.25) is 0 Å². The van der Waals surface area contributed by atoms with Crippen molar-refractivity contribution in [2.24, 2.45) is 0 Å². The summed E-state index contributed by atoms with van der Waals surface area (Å²) in [6.07, 6.45) is 0. The normalized spacial score (nSPS) is 10.1. The summed E-state index contributed by atoms with van der Waals surface area (Å²) in [5.41, 5.74) is 6.12. The molecule has 1 aromatic carbocycles. The lowest BCUT2D eigenvalue weighted by Crippen LogP contribution is -1.99. The van der Waals surface area contributed by atoms with Gasteiger partial charge in [-0.2, -0.15) is 4.98 Å². The highest BCUT2D eigenvalue weighted by molar-refractivity contribution is 6.29. The van der Waals surface area contributed by atoms with Crippen molar-refractivity contribution in [3.05, 3.63) is 41.3 Å². The molecule has 4 nitrogen and oxygen atoms in total. The second kappa shape index (κ2) is 4.32. The molecule has 0 fully saturated rings. The predicted molar refractivity (Wildman–Crippen MR) is 61.1 cm³/mol. The molecular formula is C10H8ClFN4. The van der Waals surface area contributed by atoms with Crippen LogP contribution >= 0.6 is 11.6 Å². The van der Waals surface area contributed by atoms with Crippen molar-refractivity contribution in [3.63, 3.8) is 0 Å². The molecule has 6 heteroatoms. The molecule has 2 rings (SSSR count). The van der Waals surface area contributed by atoms with Crippen molar-refractivity contribution in [3.8, 4) is 0 Å². The fourth-order valence-corrected chi connectivity index (χ4v) is 1.37. The van der Waals surface area contributed by atoms with Crippen molar-refractivity contribution >= 4 is 29.1 Å². The summed E-state index contributed by atoms with van der Waals surface area (Å²) in [6.45, 7) is 0. The van der Waals surface area contributed by atoms with Gasteiger partial charge in [0.1, 0.15) is 16.8 Å². The first-order chi connectivity index (χ1) is 7.63. The zero-order valence-electron chi connectivity index (χ0n) is 8.11. The van der Waals surface area contributed by atoms with Crippen LogP contribution in [-0.4, -0.2) is 9.97 Å². The van der Waals surface area contributed by atoms with Crippen molar-refractivity contribution in [2.75, 3.05) is 11.1 Å². The Kier molecular flexibility index (Phi) is 2.87. The molecule has 0 unspecified atom stereocenters. The Labute approximate surface area is 96.3 Å². The Balaban J connectivity index is 2.23. The topological polar surface area (TPSA) is 63.8 Å². The van der Waals surface area contributed by atoms with Crippen molar-refractivity contribution in [1.82, 2.24) is 9.97 Å². The first-order valence-corrected chi connectivity index (χ1v) is 4.84. The van der Waals surface area contributed by atoms with E-state index in [1.54, 1.807) is 12.1 Å². The number of hydrogen-bond donors (Lipinski definition) is 2. The van der Waals surface area contributed by atoms with Crippen LogP contribution in [0.2, 0.25) is 5.15 Å². The molecule has 0 saturated heterocycles. The van der Waals surface area contributed by atoms with Gasteiger partial charge in [-0.25, -0.2) is 9.37 Å².